The summed E-state index contributed by atoms with van der Waals surface area (Å²) in [5, 5.41) is 2.98. The van der Waals surface area contributed by atoms with Crippen LogP contribution in [-0.2, 0) is 17.8 Å². The van der Waals surface area contributed by atoms with Crippen molar-refractivity contribution in [2.75, 3.05) is 49.6 Å². The number of likely N-dealkylation sites (N-methyl/N-ethyl adjacent to an activating group) is 1. The number of nitrogens with zero attached hydrogens (tertiary/aromatic N) is 5. The Morgan fingerprint density at radius 2 is 1.88 bits per heavy atom. The number of hydrogen-bond donors (Lipinski definition) is 0. The zero-order valence-corrected chi connectivity index (χ0v) is 24.1. The van der Waals surface area contributed by atoms with Crippen LogP contribution in [0.4, 0.5) is 11.5 Å². The van der Waals surface area contributed by atoms with Gasteiger partial charge in [-0.2, -0.15) is 9.97 Å². The summed E-state index contributed by atoms with van der Waals surface area (Å²) in [5.74, 6) is 1.17. The van der Waals surface area contributed by atoms with Gasteiger partial charge in [0, 0.05) is 48.2 Å². The van der Waals surface area contributed by atoms with Crippen molar-refractivity contribution >= 4 is 39.7 Å². The molecule has 2 atom stereocenters. The highest BCUT2D eigenvalue weighted by Gasteiger charge is 2.30. The van der Waals surface area contributed by atoms with Gasteiger partial charge in [0.15, 0.2) is 5.78 Å². The van der Waals surface area contributed by atoms with E-state index < -0.39 is 0 Å². The number of halogens is 1. The normalized spacial score (nSPS) is 21.8. The van der Waals surface area contributed by atoms with E-state index in [0.29, 0.717) is 25.2 Å². The average molecular weight is 560 g/mol. The number of fused-ring (bicyclic) bond motifs is 2. The number of rotatable bonds is 7. The molecule has 0 spiro atoms. The molecule has 2 fully saturated rings. The summed E-state index contributed by atoms with van der Waals surface area (Å²) in [7, 11) is 2.16. The summed E-state index contributed by atoms with van der Waals surface area (Å²) < 4.78 is 6.30. The topological polar surface area (TPSA) is 61.8 Å². The number of allylic oxidation sites excluding steroid dienone is 1. The van der Waals surface area contributed by atoms with E-state index in [1.165, 1.54) is 18.1 Å². The van der Waals surface area contributed by atoms with E-state index in [-0.39, 0.29) is 11.7 Å². The summed E-state index contributed by atoms with van der Waals surface area (Å²) in [5.41, 5.74) is 3.34. The number of benzene rings is 2. The first kappa shape index (κ1) is 27.0. The highest BCUT2D eigenvalue weighted by Crippen LogP contribution is 2.37. The van der Waals surface area contributed by atoms with E-state index in [1.54, 1.807) is 0 Å². The number of aromatic nitrogens is 2. The second kappa shape index (κ2) is 11.8. The lowest BCUT2D eigenvalue weighted by molar-refractivity contribution is -0.118. The van der Waals surface area contributed by atoms with Gasteiger partial charge >= 0.3 is 6.01 Å². The van der Waals surface area contributed by atoms with Crippen LogP contribution in [-0.4, -0.2) is 66.5 Å². The van der Waals surface area contributed by atoms with E-state index >= 15 is 0 Å². The third-order valence-electron chi connectivity index (χ3n) is 8.90. The summed E-state index contributed by atoms with van der Waals surface area (Å²) in [6, 6.07) is 13.3. The van der Waals surface area contributed by atoms with Crippen molar-refractivity contribution in [1.82, 2.24) is 14.9 Å². The average Bonchev–Trinajstić information content (AvgIpc) is 3.23. The van der Waals surface area contributed by atoms with Crippen molar-refractivity contribution in [3.63, 3.8) is 0 Å². The van der Waals surface area contributed by atoms with Gasteiger partial charge in [0.25, 0.3) is 0 Å². The third kappa shape index (κ3) is 5.41. The van der Waals surface area contributed by atoms with Gasteiger partial charge in [-0.05, 0) is 75.7 Å². The van der Waals surface area contributed by atoms with Crippen LogP contribution in [0.5, 0.6) is 6.01 Å². The lowest BCUT2D eigenvalue weighted by atomic mass is 9.96. The van der Waals surface area contributed by atoms with Crippen LogP contribution in [0, 0.1) is 5.92 Å². The Labute approximate surface area is 241 Å². The highest BCUT2D eigenvalue weighted by molar-refractivity contribution is 6.36. The molecule has 7 nitrogen and oxygen atoms in total. The maximum Gasteiger partial charge on any atom is 0.318 e. The second-order valence-electron chi connectivity index (χ2n) is 11.4. The first-order chi connectivity index (χ1) is 19.5. The molecule has 0 radical (unpaired) electrons. The van der Waals surface area contributed by atoms with Gasteiger partial charge in [0.1, 0.15) is 12.4 Å². The number of carbonyl (C=O) groups is 1. The zero-order valence-electron chi connectivity index (χ0n) is 23.3. The van der Waals surface area contributed by atoms with Crippen molar-refractivity contribution in [2.24, 2.45) is 5.92 Å². The minimum atomic E-state index is 0.0420. The molecular formula is C32H38ClN5O2. The van der Waals surface area contributed by atoms with E-state index in [1.807, 2.05) is 12.1 Å². The van der Waals surface area contributed by atoms with Crippen LogP contribution in [0.1, 0.15) is 43.4 Å². The predicted molar refractivity (Wildman–Crippen MR) is 162 cm³/mol. The molecular weight excluding hydrogens is 522 g/mol. The number of ether oxygens (including phenoxy) is 1. The third-order valence-corrected chi connectivity index (χ3v) is 9.22. The Balaban J connectivity index is 1.32. The van der Waals surface area contributed by atoms with Crippen LogP contribution in [0.15, 0.2) is 49.1 Å². The maximum atomic E-state index is 12.4. The van der Waals surface area contributed by atoms with Crippen molar-refractivity contribution in [3.05, 3.63) is 65.3 Å². The molecule has 2 aromatic carbocycles. The predicted octanol–water partition coefficient (Wildman–Crippen LogP) is 5.68. The molecule has 0 amide bonds. The highest BCUT2D eigenvalue weighted by atomic mass is 35.5. The second-order valence-corrected chi connectivity index (χ2v) is 11.8. The van der Waals surface area contributed by atoms with E-state index in [4.69, 9.17) is 26.3 Å². The Morgan fingerprint density at radius 3 is 2.67 bits per heavy atom. The standard InChI is InChI=1S/C32H38ClN5O2/c1-3-29(39)22-10-6-17-37(18-14-22)31-25-15-19-38(28-13-5-9-23-8-4-12-26(33)30(23)28)20-27(25)34-32(35-31)40-21-24-11-7-16-36(24)2/h3-5,8-9,12-13,22,24H,1,6-7,10-11,14-21H2,2H3/t22-,24+/m1/s1. The van der Waals surface area contributed by atoms with Gasteiger partial charge in [0.05, 0.1) is 17.3 Å². The van der Waals surface area contributed by atoms with Crippen molar-refractivity contribution in [2.45, 2.75) is 51.1 Å². The Bertz CT molecular complexity index is 1410. The molecule has 0 aliphatic carbocycles. The van der Waals surface area contributed by atoms with Gasteiger partial charge in [-0.3, -0.25) is 4.79 Å². The smallest absolute Gasteiger partial charge is 0.318 e. The van der Waals surface area contributed by atoms with Gasteiger partial charge in [-0.1, -0.05) is 42.4 Å². The van der Waals surface area contributed by atoms with Crippen LogP contribution in [0.3, 0.4) is 0 Å². The van der Waals surface area contributed by atoms with Crippen molar-refractivity contribution in [1.29, 1.82) is 0 Å². The van der Waals surface area contributed by atoms with Crippen molar-refractivity contribution < 1.29 is 9.53 Å². The summed E-state index contributed by atoms with van der Waals surface area (Å²) in [4.78, 5) is 29.5. The fourth-order valence-electron chi connectivity index (χ4n) is 6.58. The van der Waals surface area contributed by atoms with Crippen molar-refractivity contribution in [3.8, 4) is 6.01 Å². The van der Waals surface area contributed by atoms with E-state index in [0.717, 1.165) is 91.3 Å². The minimum Gasteiger partial charge on any atom is -0.462 e. The van der Waals surface area contributed by atoms with Crippen LogP contribution in [0.2, 0.25) is 5.02 Å². The Hall–Kier alpha value is -3.16. The summed E-state index contributed by atoms with van der Waals surface area (Å²) >= 11 is 6.70. The fourth-order valence-corrected chi connectivity index (χ4v) is 6.86. The van der Waals surface area contributed by atoms with E-state index in [2.05, 4.69) is 52.6 Å². The molecule has 3 aliphatic rings. The molecule has 40 heavy (non-hydrogen) atoms. The Morgan fingerprint density at radius 1 is 1.05 bits per heavy atom. The fraction of sp³-hybridized carbons (Fsp3) is 0.469. The first-order valence-electron chi connectivity index (χ1n) is 14.6. The van der Waals surface area contributed by atoms with Crippen LogP contribution in [0.25, 0.3) is 10.8 Å². The monoisotopic (exact) mass is 559 g/mol. The van der Waals surface area contributed by atoms with Crippen LogP contribution < -0.4 is 14.5 Å². The molecule has 3 aliphatic heterocycles. The number of carbonyl (C=O) groups excluding carboxylic acids is 1. The number of ketones is 1. The Kier molecular flexibility index (Phi) is 7.94. The van der Waals surface area contributed by atoms with Crippen LogP contribution >= 0.6 is 11.6 Å². The molecule has 2 saturated heterocycles. The van der Waals surface area contributed by atoms with Gasteiger partial charge in [-0.15, -0.1) is 0 Å². The molecule has 6 rings (SSSR count). The van der Waals surface area contributed by atoms with Gasteiger partial charge in [0.2, 0.25) is 0 Å². The number of anilines is 2. The van der Waals surface area contributed by atoms with Gasteiger partial charge in [-0.25, -0.2) is 0 Å². The lowest BCUT2D eigenvalue weighted by Gasteiger charge is -2.34. The summed E-state index contributed by atoms with van der Waals surface area (Å²) in [6.07, 6.45) is 7.30. The maximum absolute atomic E-state index is 12.4. The molecule has 210 valence electrons. The molecule has 3 aromatic rings. The van der Waals surface area contributed by atoms with E-state index in [9.17, 15) is 4.79 Å². The number of likely N-dealkylation sites (tertiary alicyclic amines) is 1. The molecule has 1 aromatic heterocycles. The molecule has 0 unspecified atom stereocenters. The molecule has 0 N–H and O–H groups in total. The SMILES string of the molecule is C=CC(=O)[C@@H]1CCCN(c2nc(OC[C@@H]3CCCN3C)nc3c2CCN(c2cccc4cccc(Cl)c24)C3)CC1. The minimum absolute atomic E-state index is 0.0420. The first-order valence-corrected chi connectivity index (χ1v) is 15.0. The zero-order chi connectivity index (χ0) is 27.6. The molecule has 8 heteroatoms. The molecule has 4 heterocycles. The molecule has 0 saturated carbocycles. The summed E-state index contributed by atoms with van der Waals surface area (Å²) in [6.45, 7) is 8.59. The molecule has 0 bridgehead atoms. The quantitative estimate of drug-likeness (QED) is 0.345. The number of hydrogen-bond acceptors (Lipinski definition) is 7. The lowest BCUT2D eigenvalue weighted by Crippen LogP contribution is -2.35. The largest absolute Gasteiger partial charge is 0.462 e. The van der Waals surface area contributed by atoms with Gasteiger partial charge < -0.3 is 19.4 Å².